The van der Waals surface area contributed by atoms with E-state index in [1.54, 1.807) is 18.2 Å². The van der Waals surface area contributed by atoms with Gasteiger partial charge < -0.3 is 10.2 Å². The number of carboxylic acid groups (broad SMARTS) is 1. The smallest absolute Gasteiger partial charge is 0.332 e. The Balaban J connectivity index is 2.91. The van der Waals surface area contributed by atoms with Gasteiger partial charge in [0.2, 0.25) is 0 Å². The summed E-state index contributed by atoms with van der Waals surface area (Å²) >= 11 is 9.08. The molecule has 14 heavy (non-hydrogen) atoms. The molecule has 0 heterocycles. The number of aliphatic carboxylic acids is 1. The average Bonchev–Trinajstić information content (AvgIpc) is 2.11. The van der Waals surface area contributed by atoms with Gasteiger partial charge >= 0.3 is 5.97 Å². The molecule has 0 aliphatic rings. The summed E-state index contributed by atoms with van der Waals surface area (Å²) in [7, 11) is 0. The van der Waals surface area contributed by atoms with Gasteiger partial charge in [0.25, 0.3) is 0 Å². The lowest BCUT2D eigenvalue weighted by atomic mass is 10.1. The zero-order chi connectivity index (χ0) is 10.7. The van der Waals surface area contributed by atoms with Gasteiger partial charge in [-0.05, 0) is 17.7 Å². The van der Waals surface area contributed by atoms with E-state index in [2.05, 4.69) is 15.9 Å². The minimum atomic E-state index is -1.42. The zero-order valence-corrected chi connectivity index (χ0v) is 9.42. The molecular formula is C9H8BrClO3. The Kier molecular flexibility index (Phi) is 3.92. The number of hydrogen-bond acceptors (Lipinski definition) is 2. The van der Waals surface area contributed by atoms with Crippen molar-refractivity contribution in [1.29, 1.82) is 0 Å². The molecule has 0 saturated carbocycles. The summed E-state index contributed by atoms with van der Waals surface area (Å²) in [6.07, 6.45) is -1.43. The fourth-order valence-electron chi connectivity index (χ4n) is 1.01. The number of carboxylic acids is 1. The predicted octanol–water partition coefficient (Wildman–Crippen LogP) is 2.09. The topological polar surface area (TPSA) is 57.5 Å². The first kappa shape index (κ1) is 11.5. The van der Waals surface area contributed by atoms with Crippen molar-refractivity contribution >= 4 is 33.5 Å². The minimum Gasteiger partial charge on any atom is -0.479 e. The number of aliphatic hydroxyl groups excluding tert-OH is 1. The van der Waals surface area contributed by atoms with Crippen molar-refractivity contribution in [3.63, 3.8) is 0 Å². The third-order valence-corrected chi connectivity index (χ3v) is 2.84. The largest absolute Gasteiger partial charge is 0.479 e. The van der Waals surface area contributed by atoms with Crippen LogP contribution in [-0.2, 0) is 11.2 Å². The third kappa shape index (κ3) is 2.70. The summed E-state index contributed by atoms with van der Waals surface area (Å²) in [6.45, 7) is 0. The van der Waals surface area contributed by atoms with Crippen molar-refractivity contribution in [2.75, 3.05) is 0 Å². The molecule has 0 bridgehead atoms. The lowest BCUT2D eigenvalue weighted by Crippen LogP contribution is -2.22. The summed E-state index contributed by atoms with van der Waals surface area (Å²) in [5.74, 6) is -1.25. The molecule has 0 spiro atoms. The standard InChI is InChI=1S/C9H8BrClO3/c10-6-2-1-3-7(11)5(6)4-8(12)9(13)14/h1-3,8,12H,4H2,(H,13,14). The van der Waals surface area contributed by atoms with Gasteiger partial charge in [-0.25, -0.2) is 4.79 Å². The van der Waals surface area contributed by atoms with Crippen molar-refractivity contribution in [3.8, 4) is 0 Å². The molecule has 0 amide bonds. The molecule has 76 valence electrons. The van der Waals surface area contributed by atoms with Crippen molar-refractivity contribution < 1.29 is 15.0 Å². The molecule has 0 aliphatic heterocycles. The van der Waals surface area contributed by atoms with Crippen LogP contribution in [0.25, 0.3) is 0 Å². The van der Waals surface area contributed by atoms with E-state index < -0.39 is 12.1 Å². The summed E-state index contributed by atoms with van der Waals surface area (Å²) in [4.78, 5) is 10.4. The van der Waals surface area contributed by atoms with Crippen molar-refractivity contribution in [1.82, 2.24) is 0 Å². The molecule has 2 N–H and O–H groups in total. The highest BCUT2D eigenvalue weighted by Gasteiger charge is 2.17. The number of rotatable bonds is 3. The average molecular weight is 280 g/mol. The second-order valence-corrected chi connectivity index (χ2v) is 4.02. The molecule has 0 aromatic heterocycles. The van der Waals surface area contributed by atoms with Crippen LogP contribution in [0.2, 0.25) is 5.02 Å². The molecule has 1 unspecified atom stereocenters. The Labute approximate surface area is 94.4 Å². The quantitative estimate of drug-likeness (QED) is 0.891. The van der Waals surface area contributed by atoms with E-state index >= 15 is 0 Å². The fraction of sp³-hybridized carbons (Fsp3) is 0.222. The molecule has 1 aromatic rings. The second kappa shape index (κ2) is 4.77. The molecule has 0 radical (unpaired) electrons. The maximum atomic E-state index is 10.4. The van der Waals surface area contributed by atoms with Gasteiger partial charge in [0.05, 0.1) is 0 Å². The van der Waals surface area contributed by atoms with E-state index in [0.717, 1.165) is 0 Å². The first-order chi connectivity index (χ1) is 6.52. The molecule has 1 aromatic carbocycles. The van der Waals surface area contributed by atoms with Gasteiger partial charge in [-0.1, -0.05) is 33.6 Å². The Hall–Kier alpha value is -0.580. The van der Waals surface area contributed by atoms with Crippen LogP contribution in [0.15, 0.2) is 22.7 Å². The van der Waals surface area contributed by atoms with Crippen LogP contribution in [0.4, 0.5) is 0 Å². The highest BCUT2D eigenvalue weighted by Crippen LogP contribution is 2.25. The number of hydrogen-bond donors (Lipinski definition) is 2. The summed E-state index contributed by atoms with van der Waals surface area (Å²) in [6, 6.07) is 5.13. The van der Waals surface area contributed by atoms with Crippen LogP contribution in [0.5, 0.6) is 0 Å². The van der Waals surface area contributed by atoms with Crippen LogP contribution in [0.1, 0.15) is 5.56 Å². The van der Waals surface area contributed by atoms with Crippen LogP contribution in [-0.4, -0.2) is 22.3 Å². The van der Waals surface area contributed by atoms with E-state index in [9.17, 15) is 4.79 Å². The lowest BCUT2D eigenvalue weighted by Gasteiger charge is -2.09. The molecule has 1 atom stereocenters. The van der Waals surface area contributed by atoms with Gasteiger partial charge in [0, 0.05) is 15.9 Å². The number of aliphatic hydroxyl groups is 1. The number of halogens is 2. The fourth-order valence-corrected chi connectivity index (χ4v) is 1.90. The number of carbonyl (C=O) groups is 1. The normalized spacial score (nSPS) is 12.5. The van der Waals surface area contributed by atoms with Gasteiger partial charge in [-0.3, -0.25) is 0 Å². The second-order valence-electron chi connectivity index (χ2n) is 2.76. The van der Waals surface area contributed by atoms with Crippen LogP contribution in [0.3, 0.4) is 0 Å². The Morgan fingerprint density at radius 1 is 1.57 bits per heavy atom. The van der Waals surface area contributed by atoms with E-state index in [-0.39, 0.29) is 6.42 Å². The lowest BCUT2D eigenvalue weighted by molar-refractivity contribution is -0.146. The summed E-state index contributed by atoms with van der Waals surface area (Å²) in [5.41, 5.74) is 0.601. The van der Waals surface area contributed by atoms with Crippen LogP contribution in [0, 0.1) is 0 Å². The Morgan fingerprint density at radius 2 is 2.21 bits per heavy atom. The summed E-state index contributed by atoms with van der Waals surface area (Å²) in [5, 5.41) is 18.1. The molecular weight excluding hydrogens is 271 g/mol. The number of benzene rings is 1. The predicted molar refractivity (Wildman–Crippen MR) is 56.5 cm³/mol. The minimum absolute atomic E-state index is 0.00438. The van der Waals surface area contributed by atoms with Crippen molar-refractivity contribution in [3.05, 3.63) is 33.3 Å². The SMILES string of the molecule is O=C(O)C(O)Cc1c(Cl)cccc1Br. The van der Waals surface area contributed by atoms with Crippen LogP contribution >= 0.6 is 27.5 Å². The first-order valence-electron chi connectivity index (χ1n) is 3.86. The summed E-state index contributed by atoms with van der Waals surface area (Å²) < 4.78 is 0.699. The van der Waals surface area contributed by atoms with Gasteiger partial charge in [-0.2, -0.15) is 0 Å². The Morgan fingerprint density at radius 3 is 2.71 bits per heavy atom. The molecule has 0 aliphatic carbocycles. The molecule has 3 nitrogen and oxygen atoms in total. The molecule has 1 rings (SSSR count). The van der Waals surface area contributed by atoms with E-state index in [1.807, 2.05) is 0 Å². The van der Waals surface area contributed by atoms with E-state index in [0.29, 0.717) is 15.1 Å². The van der Waals surface area contributed by atoms with E-state index in [4.69, 9.17) is 21.8 Å². The van der Waals surface area contributed by atoms with E-state index in [1.165, 1.54) is 0 Å². The highest BCUT2D eigenvalue weighted by molar-refractivity contribution is 9.10. The van der Waals surface area contributed by atoms with Gasteiger partial charge in [0.15, 0.2) is 6.10 Å². The molecule has 0 saturated heterocycles. The van der Waals surface area contributed by atoms with Crippen molar-refractivity contribution in [2.24, 2.45) is 0 Å². The van der Waals surface area contributed by atoms with Gasteiger partial charge in [0.1, 0.15) is 0 Å². The zero-order valence-electron chi connectivity index (χ0n) is 7.08. The molecule has 5 heteroatoms. The monoisotopic (exact) mass is 278 g/mol. The first-order valence-corrected chi connectivity index (χ1v) is 5.03. The highest BCUT2D eigenvalue weighted by atomic mass is 79.9. The van der Waals surface area contributed by atoms with Crippen molar-refractivity contribution in [2.45, 2.75) is 12.5 Å². The Bertz CT molecular complexity index is 334. The van der Waals surface area contributed by atoms with Gasteiger partial charge in [-0.15, -0.1) is 0 Å². The third-order valence-electron chi connectivity index (χ3n) is 1.74. The maximum absolute atomic E-state index is 10.4. The molecule has 0 fully saturated rings. The maximum Gasteiger partial charge on any atom is 0.332 e. The van der Waals surface area contributed by atoms with Crippen LogP contribution < -0.4 is 0 Å².